The number of nitro groups is 1. The second-order valence-corrected chi connectivity index (χ2v) is 4.52. The first-order valence-electron chi connectivity index (χ1n) is 5.79. The first kappa shape index (κ1) is 11.8. The van der Waals surface area contributed by atoms with E-state index in [4.69, 9.17) is 0 Å². The van der Waals surface area contributed by atoms with Gasteiger partial charge in [-0.25, -0.2) is 0 Å². The van der Waals surface area contributed by atoms with E-state index in [9.17, 15) is 14.5 Å². The molecule has 0 heterocycles. The lowest BCUT2D eigenvalue weighted by atomic mass is 9.80. The van der Waals surface area contributed by atoms with Crippen LogP contribution in [0.15, 0.2) is 18.2 Å². The molecule has 2 rings (SSSR count). The Morgan fingerprint density at radius 2 is 2.24 bits per heavy atom. The van der Waals surface area contributed by atoms with Crippen molar-refractivity contribution in [1.82, 2.24) is 0 Å². The van der Waals surface area contributed by atoms with Crippen LogP contribution in [0.4, 0.5) is 15.8 Å². The van der Waals surface area contributed by atoms with E-state index in [1.807, 2.05) is 6.92 Å². The fraction of sp³-hybridized carbons (Fsp3) is 0.500. The summed E-state index contributed by atoms with van der Waals surface area (Å²) in [4.78, 5) is 10.1. The number of benzene rings is 1. The number of nitro benzene ring substituents is 1. The number of rotatable bonds is 4. The first-order chi connectivity index (χ1) is 8.09. The minimum atomic E-state index is -0.791. The van der Waals surface area contributed by atoms with Crippen molar-refractivity contribution in [3.8, 4) is 0 Å². The van der Waals surface area contributed by atoms with Crippen molar-refractivity contribution in [3.63, 3.8) is 0 Å². The summed E-state index contributed by atoms with van der Waals surface area (Å²) in [5.41, 5.74) is -0.187. The zero-order valence-electron chi connectivity index (χ0n) is 9.65. The lowest BCUT2D eigenvalue weighted by Gasteiger charge is -2.32. The Morgan fingerprint density at radius 3 is 2.76 bits per heavy atom. The highest BCUT2D eigenvalue weighted by atomic mass is 19.1. The van der Waals surface area contributed by atoms with Gasteiger partial charge in [-0.05, 0) is 37.8 Å². The van der Waals surface area contributed by atoms with Gasteiger partial charge in [-0.15, -0.1) is 0 Å². The van der Waals surface area contributed by atoms with Crippen LogP contribution in [0.3, 0.4) is 0 Å². The molecule has 92 valence electrons. The normalized spacial score (nSPS) is 17.3. The molecule has 0 spiro atoms. The topological polar surface area (TPSA) is 55.2 Å². The Balaban J connectivity index is 2.19. The molecule has 0 aliphatic heterocycles. The van der Waals surface area contributed by atoms with Crippen molar-refractivity contribution in [2.75, 3.05) is 5.32 Å². The predicted molar refractivity (Wildman–Crippen MR) is 63.5 cm³/mol. The Bertz CT molecular complexity index is 433. The second-order valence-electron chi connectivity index (χ2n) is 4.52. The van der Waals surface area contributed by atoms with Gasteiger partial charge in [-0.1, -0.05) is 12.5 Å². The lowest BCUT2D eigenvalue weighted by Crippen LogP contribution is -2.31. The summed E-state index contributed by atoms with van der Waals surface area (Å²) in [5.74, 6) is -0.251. The maximum absolute atomic E-state index is 13.4. The van der Waals surface area contributed by atoms with Crippen LogP contribution in [0.1, 0.15) is 26.2 Å². The van der Waals surface area contributed by atoms with Crippen LogP contribution in [-0.2, 0) is 0 Å². The molecular weight excluding hydrogens is 223 g/mol. The molecule has 1 aromatic rings. The highest BCUT2D eigenvalue weighted by Crippen LogP contribution is 2.33. The van der Waals surface area contributed by atoms with Crippen LogP contribution >= 0.6 is 0 Å². The van der Waals surface area contributed by atoms with Crippen LogP contribution in [0.25, 0.3) is 0 Å². The Kier molecular flexibility index (Phi) is 3.26. The van der Waals surface area contributed by atoms with Crippen molar-refractivity contribution in [3.05, 3.63) is 34.1 Å². The molecular formula is C12H15FN2O2. The van der Waals surface area contributed by atoms with Gasteiger partial charge >= 0.3 is 5.69 Å². The molecule has 0 amide bonds. The third kappa shape index (κ3) is 2.38. The maximum Gasteiger partial charge on any atom is 0.327 e. The van der Waals surface area contributed by atoms with E-state index in [0.29, 0.717) is 5.92 Å². The van der Waals surface area contributed by atoms with E-state index in [-0.39, 0.29) is 11.7 Å². The van der Waals surface area contributed by atoms with Gasteiger partial charge in [0.2, 0.25) is 5.82 Å². The van der Waals surface area contributed by atoms with E-state index in [1.165, 1.54) is 12.5 Å². The lowest BCUT2D eigenvalue weighted by molar-refractivity contribution is -0.386. The zero-order valence-corrected chi connectivity index (χ0v) is 9.65. The van der Waals surface area contributed by atoms with Crippen LogP contribution < -0.4 is 5.32 Å². The summed E-state index contributed by atoms with van der Waals surface area (Å²) in [6.07, 6.45) is 3.48. The van der Waals surface area contributed by atoms with Crippen LogP contribution in [0, 0.1) is 21.8 Å². The third-order valence-electron chi connectivity index (χ3n) is 3.41. The number of hydrogen-bond acceptors (Lipinski definition) is 3. The minimum Gasteiger partial charge on any atom is -0.377 e. The average Bonchev–Trinajstić information content (AvgIpc) is 2.13. The van der Waals surface area contributed by atoms with Crippen molar-refractivity contribution in [2.45, 2.75) is 32.2 Å². The molecule has 1 N–H and O–H groups in total. The van der Waals surface area contributed by atoms with Gasteiger partial charge in [0.05, 0.1) is 4.92 Å². The average molecular weight is 238 g/mol. The van der Waals surface area contributed by atoms with Gasteiger partial charge in [0.15, 0.2) is 0 Å². The van der Waals surface area contributed by atoms with Crippen LogP contribution in [0.5, 0.6) is 0 Å². The van der Waals surface area contributed by atoms with E-state index >= 15 is 0 Å². The monoisotopic (exact) mass is 238 g/mol. The van der Waals surface area contributed by atoms with Gasteiger partial charge in [0, 0.05) is 6.04 Å². The molecule has 4 nitrogen and oxygen atoms in total. The standard InChI is InChI=1S/C12H15FN2O2/c1-8(9-4-2-5-9)14-11-7-3-6-10(13)12(11)15(16)17/h3,6-9,14H,2,4-5H2,1H3. The van der Waals surface area contributed by atoms with E-state index in [1.54, 1.807) is 6.07 Å². The minimum absolute atomic E-state index is 0.143. The Labute approximate surface area is 99.0 Å². The number of anilines is 1. The van der Waals surface area contributed by atoms with E-state index in [2.05, 4.69) is 5.32 Å². The van der Waals surface area contributed by atoms with Crippen molar-refractivity contribution in [2.24, 2.45) is 5.92 Å². The quantitative estimate of drug-likeness (QED) is 0.646. The molecule has 1 unspecified atom stereocenters. The molecule has 1 aromatic carbocycles. The summed E-state index contributed by atoms with van der Waals surface area (Å²) in [7, 11) is 0. The number of hydrogen-bond donors (Lipinski definition) is 1. The summed E-state index contributed by atoms with van der Waals surface area (Å²) in [6.45, 7) is 1.98. The molecule has 0 bridgehead atoms. The summed E-state index contributed by atoms with van der Waals surface area (Å²) < 4.78 is 13.4. The second kappa shape index (κ2) is 4.69. The molecule has 17 heavy (non-hydrogen) atoms. The number of nitrogens with zero attached hydrogens (tertiary/aromatic N) is 1. The zero-order chi connectivity index (χ0) is 12.4. The van der Waals surface area contributed by atoms with Crippen LogP contribution in [0.2, 0.25) is 0 Å². The van der Waals surface area contributed by atoms with E-state index < -0.39 is 16.4 Å². The van der Waals surface area contributed by atoms with Gasteiger partial charge in [-0.3, -0.25) is 10.1 Å². The van der Waals surface area contributed by atoms with Gasteiger partial charge in [-0.2, -0.15) is 4.39 Å². The molecule has 1 aliphatic carbocycles. The summed E-state index contributed by atoms with van der Waals surface area (Å²) >= 11 is 0. The van der Waals surface area contributed by atoms with Gasteiger partial charge in [0.25, 0.3) is 0 Å². The molecule has 0 saturated heterocycles. The molecule has 1 atom stereocenters. The number of para-hydroxylation sites is 1. The van der Waals surface area contributed by atoms with Crippen LogP contribution in [-0.4, -0.2) is 11.0 Å². The Morgan fingerprint density at radius 1 is 1.53 bits per heavy atom. The van der Waals surface area contributed by atoms with Crippen molar-refractivity contribution >= 4 is 11.4 Å². The van der Waals surface area contributed by atoms with Gasteiger partial charge < -0.3 is 5.32 Å². The Hall–Kier alpha value is -1.65. The molecule has 0 aromatic heterocycles. The maximum atomic E-state index is 13.4. The summed E-state index contributed by atoms with van der Waals surface area (Å²) in [5, 5.41) is 13.9. The number of halogens is 1. The van der Waals surface area contributed by atoms with Crippen molar-refractivity contribution in [1.29, 1.82) is 0 Å². The van der Waals surface area contributed by atoms with Gasteiger partial charge in [0.1, 0.15) is 5.69 Å². The van der Waals surface area contributed by atoms with E-state index in [0.717, 1.165) is 18.9 Å². The molecule has 1 fully saturated rings. The molecule has 0 radical (unpaired) electrons. The molecule has 1 aliphatic rings. The fourth-order valence-electron chi connectivity index (χ4n) is 2.12. The predicted octanol–water partition coefficient (Wildman–Crippen LogP) is 3.33. The smallest absolute Gasteiger partial charge is 0.327 e. The third-order valence-corrected chi connectivity index (χ3v) is 3.41. The highest BCUT2D eigenvalue weighted by Gasteiger charge is 2.27. The molecule has 5 heteroatoms. The largest absolute Gasteiger partial charge is 0.377 e. The summed E-state index contributed by atoms with van der Waals surface area (Å²) in [6, 6.07) is 4.29. The SMILES string of the molecule is CC(Nc1cccc(F)c1[N+](=O)[O-])C1CCC1. The molecule has 1 saturated carbocycles. The highest BCUT2D eigenvalue weighted by molar-refractivity contribution is 5.62. The first-order valence-corrected chi connectivity index (χ1v) is 5.79. The fourth-order valence-corrected chi connectivity index (χ4v) is 2.12. The number of nitrogens with one attached hydrogen (secondary N) is 1. The van der Waals surface area contributed by atoms with Crippen molar-refractivity contribution < 1.29 is 9.31 Å².